The molecule has 1 saturated carbocycles. The molecule has 6 heteroatoms. The molecule has 106 valence electrons. The number of rotatable bonds is 6. The molecule has 2 amide bonds. The van der Waals surface area contributed by atoms with Crippen molar-refractivity contribution in [3.63, 3.8) is 0 Å². The number of ether oxygens (including phenoxy) is 1. The maximum Gasteiger partial charge on any atom is 0.243 e. The monoisotopic (exact) mass is 267 g/mol. The minimum absolute atomic E-state index is 0.0274. The molecule has 0 atom stereocenters. The van der Waals surface area contributed by atoms with E-state index < -0.39 is 5.41 Å². The van der Waals surface area contributed by atoms with Crippen LogP contribution in [0, 0.1) is 22.7 Å². The number of carbonyl (C=O) groups excluding carboxylic acids is 2. The van der Waals surface area contributed by atoms with Gasteiger partial charge in [-0.15, -0.1) is 0 Å². The van der Waals surface area contributed by atoms with Gasteiger partial charge in [0, 0.05) is 20.7 Å². The molecule has 1 aliphatic rings. The van der Waals surface area contributed by atoms with E-state index in [4.69, 9.17) is 10.00 Å². The fourth-order valence-electron chi connectivity index (χ4n) is 2.44. The number of methoxy groups -OCH3 is 1. The largest absolute Gasteiger partial charge is 0.383 e. The van der Waals surface area contributed by atoms with Crippen LogP contribution in [-0.4, -0.2) is 50.6 Å². The van der Waals surface area contributed by atoms with Gasteiger partial charge in [0.15, 0.2) is 0 Å². The Morgan fingerprint density at radius 1 is 1.53 bits per heavy atom. The molecule has 19 heavy (non-hydrogen) atoms. The Labute approximate surface area is 113 Å². The summed E-state index contributed by atoms with van der Waals surface area (Å²) < 4.78 is 4.82. The predicted molar refractivity (Wildman–Crippen MR) is 69.0 cm³/mol. The first kappa shape index (κ1) is 15.4. The molecule has 0 bridgehead atoms. The third-order valence-corrected chi connectivity index (χ3v) is 3.37. The molecule has 0 radical (unpaired) electrons. The molecule has 6 nitrogen and oxygen atoms in total. The Balaban J connectivity index is 2.45. The van der Waals surface area contributed by atoms with Crippen LogP contribution in [0.3, 0.4) is 0 Å². The lowest BCUT2D eigenvalue weighted by molar-refractivity contribution is -0.146. The Morgan fingerprint density at radius 2 is 2.16 bits per heavy atom. The van der Waals surface area contributed by atoms with E-state index in [2.05, 4.69) is 11.4 Å². The van der Waals surface area contributed by atoms with E-state index in [1.54, 1.807) is 14.2 Å². The third kappa shape index (κ3) is 3.67. The summed E-state index contributed by atoms with van der Waals surface area (Å²) in [6, 6.07) is 2.11. The van der Waals surface area contributed by atoms with Gasteiger partial charge in [-0.25, -0.2) is 0 Å². The maximum absolute atomic E-state index is 12.2. The van der Waals surface area contributed by atoms with Gasteiger partial charge in [0.05, 0.1) is 19.2 Å². The van der Waals surface area contributed by atoms with Crippen molar-refractivity contribution in [1.29, 1.82) is 5.26 Å². The topological polar surface area (TPSA) is 82.4 Å². The van der Waals surface area contributed by atoms with Crippen molar-refractivity contribution in [3.8, 4) is 6.07 Å². The third-order valence-electron chi connectivity index (χ3n) is 3.37. The van der Waals surface area contributed by atoms with Crippen molar-refractivity contribution in [2.45, 2.75) is 19.8 Å². The van der Waals surface area contributed by atoms with Gasteiger partial charge in [-0.05, 0) is 18.8 Å². The molecule has 0 aromatic rings. The number of nitrogens with zero attached hydrogens (tertiary/aromatic N) is 2. The zero-order valence-corrected chi connectivity index (χ0v) is 11.7. The average molecular weight is 267 g/mol. The van der Waals surface area contributed by atoms with E-state index in [1.807, 2.05) is 6.92 Å². The normalized spacial score (nSPS) is 25.1. The van der Waals surface area contributed by atoms with E-state index in [9.17, 15) is 9.59 Å². The average Bonchev–Trinajstić information content (AvgIpc) is 2.34. The van der Waals surface area contributed by atoms with Crippen molar-refractivity contribution in [2.75, 3.05) is 33.9 Å². The summed E-state index contributed by atoms with van der Waals surface area (Å²) in [4.78, 5) is 25.1. The van der Waals surface area contributed by atoms with E-state index in [1.165, 1.54) is 4.90 Å². The van der Waals surface area contributed by atoms with Gasteiger partial charge in [0.1, 0.15) is 5.41 Å². The van der Waals surface area contributed by atoms with Gasteiger partial charge >= 0.3 is 0 Å². The molecule has 0 heterocycles. The summed E-state index contributed by atoms with van der Waals surface area (Å²) in [6.07, 6.45) is 1.16. The molecule has 0 unspecified atom stereocenters. The van der Waals surface area contributed by atoms with Gasteiger partial charge in [0.2, 0.25) is 11.8 Å². The van der Waals surface area contributed by atoms with Crippen LogP contribution in [0.4, 0.5) is 0 Å². The van der Waals surface area contributed by atoms with Gasteiger partial charge in [0.25, 0.3) is 0 Å². The molecule has 1 fully saturated rings. The Kier molecular flexibility index (Phi) is 5.31. The molecule has 0 aromatic heterocycles. The standard InChI is InChI=1S/C13H21N3O3/c1-10-6-13(7-10,9-14)12(18)16(2)8-11(17)15-4-5-19-3/h10H,4-8H2,1-3H3,(H,15,17). The van der Waals surface area contributed by atoms with Crippen LogP contribution in [0.15, 0.2) is 0 Å². The van der Waals surface area contributed by atoms with Crippen molar-refractivity contribution < 1.29 is 14.3 Å². The van der Waals surface area contributed by atoms with Gasteiger partial charge in [-0.2, -0.15) is 5.26 Å². The first-order valence-corrected chi connectivity index (χ1v) is 6.37. The summed E-state index contributed by atoms with van der Waals surface area (Å²) in [6.45, 7) is 2.83. The molecule has 0 aromatic carbocycles. The zero-order valence-electron chi connectivity index (χ0n) is 11.7. The molecule has 0 saturated heterocycles. The number of nitrogens with one attached hydrogen (secondary N) is 1. The van der Waals surface area contributed by atoms with Crippen LogP contribution in [-0.2, 0) is 14.3 Å². The molecular formula is C13H21N3O3. The van der Waals surface area contributed by atoms with Gasteiger partial charge in [-0.1, -0.05) is 6.92 Å². The van der Waals surface area contributed by atoms with Gasteiger partial charge < -0.3 is 15.0 Å². The van der Waals surface area contributed by atoms with Crippen LogP contribution < -0.4 is 5.32 Å². The highest BCUT2D eigenvalue weighted by atomic mass is 16.5. The van der Waals surface area contributed by atoms with Gasteiger partial charge in [-0.3, -0.25) is 9.59 Å². The highest BCUT2D eigenvalue weighted by molar-refractivity contribution is 5.90. The fourth-order valence-corrected chi connectivity index (χ4v) is 2.44. The zero-order chi connectivity index (χ0) is 14.5. The molecule has 1 aliphatic carbocycles. The van der Waals surface area contributed by atoms with Crippen molar-refractivity contribution in [3.05, 3.63) is 0 Å². The van der Waals surface area contributed by atoms with E-state index in [0.29, 0.717) is 31.9 Å². The summed E-state index contributed by atoms with van der Waals surface area (Å²) in [5.74, 6) is -0.101. The minimum Gasteiger partial charge on any atom is -0.383 e. The Hall–Kier alpha value is -1.61. The number of nitriles is 1. The predicted octanol–water partition coefficient (Wildman–Crippen LogP) is 0.147. The number of carbonyl (C=O) groups is 2. The van der Waals surface area contributed by atoms with Crippen LogP contribution in [0.25, 0.3) is 0 Å². The SMILES string of the molecule is COCCNC(=O)CN(C)C(=O)C1(C#N)CC(C)C1. The van der Waals surface area contributed by atoms with Crippen molar-refractivity contribution >= 4 is 11.8 Å². The Bertz CT molecular complexity index is 383. The fraction of sp³-hybridized carbons (Fsp3) is 0.769. The minimum atomic E-state index is -0.916. The lowest BCUT2D eigenvalue weighted by Gasteiger charge is -2.41. The highest BCUT2D eigenvalue weighted by Crippen LogP contribution is 2.46. The van der Waals surface area contributed by atoms with Crippen LogP contribution >= 0.6 is 0 Å². The highest BCUT2D eigenvalue weighted by Gasteiger charge is 2.50. The van der Waals surface area contributed by atoms with E-state index in [-0.39, 0.29) is 18.4 Å². The molecular weight excluding hydrogens is 246 g/mol. The van der Waals surface area contributed by atoms with E-state index in [0.717, 1.165) is 0 Å². The van der Waals surface area contributed by atoms with Crippen molar-refractivity contribution in [1.82, 2.24) is 10.2 Å². The lowest BCUT2D eigenvalue weighted by Crippen LogP contribution is -2.51. The van der Waals surface area contributed by atoms with Crippen molar-refractivity contribution in [2.24, 2.45) is 11.3 Å². The second-order valence-electron chi connectivity index (χ2n) is 5.21. The van der Waals surface area contributed by atoms with E-state index >= 15 is 0 Å². The summed E-state index contributed by atoms with van der Waals surface area (Å²) in [5.41, 5.74) is -0.916. The summed E-state index contributed by atoms with van der Waals surface area (Å²) >= 11 is 0. The summed E-state index contributed by atoms with van der Waals surface area (Å²) in [7, 11) is 3.11. The number of likely N-dealkylation sites (N-methyl/N-ethyl adjacent to an activating group) is 1. The molecule has 0 spiro atoms. The van der Waals surface area contributed by atoms with Crippen LogP contribution in [0.2, 0.25) is 0 Å². The number of hydrogen-bond donors (Lipinski definition) is 1. The molecule has 0 aliphatic heterocycles. The Morgan fingerprint density at radius 3 is 2.63 bits per heavy atom. The molecule has 1 rings (SSSR count). The number of hydrogen-bond acceptors (Lipinski definition) is 4. The first-order valence-electron chi connectivity index (χ1n) is 6.37. The quantitative estimate of drug-likeness (QED) is 0.694. The number of amides is 2. The second-order valence-corrected chi connectivity index (χ2v) is 5.21. The maximum atomic E-state index is 12.2. The van der Waals surface area contributed by atoms with Crippen LogP contribution in [0.1, 0.15) is 19.8 Å². The molecule has 1 N–H and O–H groups in total. The first-order chi connectivity index (χ1) is 8.95. The lowest BCUT2D eigenvalue weighted by atomic mass is 9.63. The smallest absolute Gasteiger partial charge is 0.243 e. The second kappa shape index (κ2) is 6.53. The summed E-state index contributed by atoms with van der Waals surface area (Å²) in [5, 5.41) is 11.8. The van der Waals surface area contributed by atoms with Crippen LogP contribution in [0.5, 0.6) is 0 Å².